The molecule has 0 amide bonds. The van der Waals surface area contributed by atoms with Gasteiger partial charge in [0.05, 0.1) is 5.02 Å². The normalized spacial score (nSPS) is 10.3. The third kappa shape index (κ3) is 3.86. The molecule has 0 aliphatic heterocycles. The Hall–Kier alpha value is -0.510. The van der Waals surface area contributed by atoms with Crippen molar-refractivity contribution in [3.05, 3.63) is 28.8 Å². The Balaban J connectivity index is 2.62. The zero-order valence-corrected chi connectivity index (χ0v) is 10.1. The summed E-state index contributed by atoms with van der Waals surface area (Å²) < 4.78 is 4.95. The minimum atomic E-state index is 0.641. The van der Waals surface area contributed by atoms with Crippen molar-refractivity contribution in [2.75, 3.05) is 19.5 Å². The minimum Gasteiger partial charge on any atom is -0.385 e. The molecule has 0 bridgehead atoms. The van der Waals surface area contributed by atoms with E-state index < -0.39 is 0 Å². The fourth-order valence-electron chi connectivity index (χ4n) is 1.15. The van der Waals surface area contributed by atoms with Crippen molar-refractivity contribution in [2.24, 2.45) is 0 Å². The third-order valence-corrected chi connectivity index (χ3v) is 3.53. The van der Waals surface area contributed by atoms with Crippen molar-refractivity contribution >= 4 is 29.6 Å². The number of carbonyl (C=O) groups is 1. The lowest BCUT2D eigenvalue weighted by Crippen LogP contribution is -1.92. The molecule has 0 fully saturated rings. The van der Waals surface area contributed by atoms with Gasteiger partial charge >= 0.3 is 0 Å². The van der Waals surface area contributed by atoms with Gasteiger partial charge in [0.25, 0.3) is 0 Å². The standard InChI is InChI=1S/C11H13ClO2S/c1-14-6-3-7-15-11-9(8-13)4-2-5-10(11)12/h2,4-5,8H,3,6-7H2,1H3. The second-order valence-corrected chi connectivity index (χ2v) is 4.48. The van der Waals surface area contributed by atoms with Gasteiger partial charge in [0.1, 0.15) is 0 Å². The summed E-state index contributed by atoms with van der Waals surface area (Å²) in [5, 5.41) is 0.641. The van der Waals surface area contributed by atoms with Crippen LogP contribution in [0.15, 0.2) is 23.1 Å². The quantitative estimate of drug-likeness (QED) is 0.436. The van der Waals surface area contributed by atoms with Crippen LogP contribution in [0.4, 0.5) is 0 Å². The highest BCUT2D eigenvalue weighted by molar-refractivity contribution is 7.99. The molecule has 0 aliphatic carbocycles. The van der Waals surface area contributed by atoms with Gasteiger partial charge in [0.2, 0.25) is 0 Å². The predicted molar refractivity (Wildman–Crippen MR) is 64.1 cm³/mol. The molecule has 0 radical (unpaired) electrons. The average Bonchev–Trinajstić information content (AvgIpc) is 2.26. The number of thioether (sulfide) groups is 1. The van der Waals surface area contributed by atoms with Crippen molar-refractivity contribution in [2.45, 2.75) is 11.3 Å². The van der Waals surface area contributed by atoms with E-state index in [0.29, 0.717) is 10.6 Å². The molecule has 0 N–H and O–H groups in total. The molecular weight excluding hydrogens is 232 g/mol. The number of benzene rings is 1. The van der Waals surface area contributed by atoms with Crippen molar-refractivity contribution in [3.8, 4) is 0 Å². The van der Waals surface area contributed by atoms with Crippen LogP contribution in [0.2, 0.25) is 5.02 Å². The Bertz CT molecular complexity index is 328. The van der Waals surface area contributed by atoms with E-state index in [-0.39, 0.29) is 0 Å². The molecule has 82 valence electrons. The van der Waals surface area contributed by atoms with Gasteiger partial charge in [-0.05, 0) is 12.5 Å². The van der Waals surface area contributed by atoms with Gasteiger partial charge in [-0.2, -0.15) is 0 Å². The number of halogens is 1. The summed E-state index contributed by atoms with van der Waals surface area (Å²) in [5.41, 5.74) is 0.657. The molecule has 2 nitrogen and oxygen atoms in total. The van der Waals surface area contributed by atoms with Crippen LogP contribution >= 0.6 is 23.4 Å². The van der Waals surface area contributed by atoms with Crippen LogP contribution in [-0.2, 0) is 4.74 Å². The van der Waals surface area contributed by atoms with Crippen molar-refractivity contribution in [3.63, 3.8) is 0 Å². The maximum atomic E-state index is 10.8. The van der Waals surface area contributed by atoms with E-state index >= 15 is 0 Å². The van der Waals surface area contributed by atoms with Gasteiger partial charge < -0.3 is 4.74 Å². The molecule has 15 heavy (non-hydrogen) atoms. The fourth-order valence-corrected chi connectivity index (χ4v) is 2.45. The molecule has 0 unspecified atom stereocenters. The SMILES string of the molecule is COCCCSc1c(Cl)cccc1C=O. The van der Waals surface area contributed by atoms with Gasteiger partial charge in [0, 0.05) is 29.9 Å². The van der Waals surface area contributed by atoms with E-state index in [1.54, 1.807) is 37.1 Å². The summed E-state index contributed by atoms with van der Waals surface area (Å²) in [6.45, 7) is 0.730. The molecule has 4 heteroatoms. The highest BCUT2D eigenvalue weighted by atomic mass is 35.5. The van der Waals surface area contributed by atoms with Gasteiger partial charge in [-0.1, -0.05) is 23.7 Å². The number of carbonyl (C=O) groups excluding carboxylic acids is 1. The maximum absolute atomic E-state index is 10.8. The molecule has 0 atom stereocenters. The number of hydrogen-bond acceptors (Lipinski definition) is 3. The first-order valence-electron chi connectivity index (χ1n) is 4.65. The van der Waals surface area contributed by atoms with E-state index in [4.69, 9.17) is 16.3 Å². The van der Waals surface area contributed by atoms with Crippen molar-refractivity contribution in [1.82, 2.24) is 0 Å². The third-order valence-electron chi connectivity index (χ3n) is 1.86. The van der Waals surface area contributed by atoms with Crippen LogP contribution in [0.25, 0.3) is 0 Å². The Morgan fingerprint density at radius 1 is 1.53 bits per heavy atom. The monoisotopic (exact) mass is 244 g/mol. The Morgan fingerprint density at radius 2 is 2.33 bits per heavy atom. The zero-order chi connectivity index (χ0) is 11.1. The molecule has 0 saturated heterocycles. The van der Waals surface area contributed by atoms with Gasteiger partial charge in [0.15, 0.2) is 6.29 Å². The fraction of sp³-hybridized carbons (Fsp3) is 0.364. The van der Waals surface area contributed by atoms with Crippen LogP contribution in [-0.4, -0.2) is 25.8 Å². The lowest BCUT2D eigenvalue weighted by atomic mass is 10.2. The van der Waals surface area contributed by atoms with E-state index in [9.17, 15) is 4.79 Å². The summed E-state index contributed by atoms with van der Waals surface area (Å²) in [6.07, 6.45) is 1.79. The summed E-state index contributed by atoms with van der Waals surface area (Å²) in [5.74, 6) is 0.901. The largest absolute Gasteiger partial charge is 0.385 e. The van der Waals surface area contributed by atoms with E-state index in [2.05, 4.69) is 0 Å². The highest BCUT2D eigenvalue weighted by Gasteiger charge is 2.06. The molecule has 0 aromatic heterocycles. The first kappa shape index (κ1) is 12.6. The van der Waals surface area contributed by atoms with E-state index in [0.717, 1.165) is 30.0 Å². The number of hydrogen-bond donors (Lipinski definition) is 0. The number of ether oxygens (including phenoxy) is 1. The number of methoxy groups -OCH3 is 1. The van der Waals surface area contributed by atoms with Gasteiger partial charge in [-0.25, -0.2) is 0 Å². The van der Waals surface area contributed by atoms with Crippen LogP contribution in [0.3, 0.4) is 0 Å². The van der Waals surface area contributed by atoms with Crippen molar-refractivity contribution < 1.29 is 9.53 Å². The van der Waals surface area contributed by atoms with Crippen LogP contribution in [0.1, 0.15) is 16.8 Å². The topological polar surface area (TPSA) is 26.3 Å². The lowest BCUT2D eigenvalue weighted by Gasteiger charge is -2.06. The van der Waals surface area contributed by atoms with Crippen LogP contribution in [0.5, 0.6) is 0 Å². The summed E-state index contributed by atoms with van der Waals surface area (Å²) in [6, 6.07) is 5.36. The zero-order valence-electron chi connectivity index (χ0n) is 8.53. The first-order valence-corrected chi connectivity index (χ1v) is 6.01. The minimum absolute atomic E-state index is 0.641. The average molecular weight is 245 g/mol. The molecule has 0 heterocycles. The van der Waals surface area contributed by atoms with E-state index in [1.807, 2.05) is 0 Å². The maximum Gasteiger partial charge on any atom is 0.151 e. The molecule has 0 aliphatic rings. The summed E-state index contributed by atoms with van der Waals surface area (Å²) >= 11 is 7.60. The molecule has 1 aromatic carbocycles. The summed E-state index contributed by atoms with van der Waals surface area (Å²) in [4.78, 5) is 11.6. The number of rotatable bonds is 6. The Morgan fingerprint density at radius 3 is 3.00 bits per heavy atom. The van der Waals surface area contributed by atoms with Crippen LogP contribution in [0, 0.1) is 0 Å². The molecule has 1 aromatic rings. The molecule has 0 saturated carbocycles. The van der Waals surface area contributed by atoms with Gasteiger partial charge in [-0.3, -0.25) is 4.79 Å². The smallest absolute Gasteiger partial charge is 0.151 e. The van der Waals surface area contributed by atoms with Crippen molar-refractivity contribution in [1.29, 1.82) is 0 Å². The summed E-state index contributed by atoms with van der Waals surface area (Å²) in [7, 11) is 1.68. The molecule has 0 spiro atoms. The molecular formula is C11H13ClO2S. The lowest BCUT2D eigenvalue weighted by molar-refractivity contribution is 0.112. The predicted octanol–water partition coefficient (Wildman–Crippen LogP) is 3.28. The Kier molecular flexibility index (Phi) is 5.76. The van der Waals surface area contributed by atoms with E-state index in [1.165, 1.54) is 0 Å². The second-order valence-electron chi connectivity index (χ2n) is 2.97. The Labute approximate surface area is 99.0 Å². The molecule has 1 rings (SSSR count). The van der Waals surface area contributed by atoms with Crippen LogP contribution < -0.4 is 0 Å². The highest BCUT2D eigenvalue weighted by Crippen LogP contribution is 2.30. The first-order chi connectivity index (χ1) is 7.29. The second kappa shape index (κ2) is 6.88. The number of aldehydes is 1. The van der Waals surface area contributed by atoms with Gasteiger partial charge in [-0.15, -0.1) is 11.8 Å².